The molecule has 214 valence electrons. The van der Waals surface area contributed by atoms with Gasteiger partial charge in [0.05, 0.1) is 12.5 Å². The molecule has 8 nitrogen and oxygen atoms in total. The number of hydrogen-bond acceptors (Lipinski definition) is 4. The first-order valence-electron chi connectivity index (χ1n) is 14.6. The van der Waals surface area contributed by atoms with E-state index in [1.807, 2.05) is 56.3 Å². The lowest BCUT2D eigenvalue weighted by atomic mass is 9.90. The van der Waals surface area contributed by atoms with Crippen LogP contribution in [0.25, 0.3) is 0 Å². The van der Waals surface area contributed by atoms with Gasteiger partial charge in [0.2, 0.25) is 23.4 Å². The van der Waals surface area contributed by atoms with Crippen molar-refractivity contribution in [2.45, 2.75) is 77.4 Å². The van der Waals surface area contributed by atoms with Crippen LogP contribution in [0.4, 0.5) is 5.69 Å². The Hall–Kier alpha value is -3.52. The predicted molar refractivity (Wildman–Crippen MR) is 155 cm³/mol. The predicted octanol–water partition coefficient (Wildman–Crippen LogP) is 4.36. The SMILES string of the molecule is CC(C)C[C@H](CC(=O)NOCc1ccccc1)C(=O)N[C@H]1CC2C=[N+](CCCCCCNC1=O)c1ccccc12. The Balaban J connectivity index is 1.44. The lowest BCUT2D eigenvalue weighted by Gasteiger charge is -2.24. The molecule has 2 bridgehead atoms. The summed E-state index contributed by atoms with van der Waals surface area (Å²) in [4.78, 5) is 45.0. The van der Waals surface area contributed by atoms with E-state index in [1.165, 1.54) is 11.3 Å². The van der Waals surface area contributed by atoms with E-state index in [0.717, 1.165) is 37.8 Å². The minimum Gasteiger partial charge on any atom is -0.354 e. The number of nitrogens with one attached hydrogen (secondary N) is 3. The van der Waals surface area contributed by atoms with Crippen molar-refractivity contribution >= 4 is 29.6 Å². The van der Waals surface area contributed by atoms with Crippen molar-refractivity contribution in [3.8, 4) is 0 Å². The third-order valence-electron chi connectivity index (χ3n) is 7.58. The highest BCUT2D eigenvalue weighted by Gasteiger charge is 2.35. The molecule has 4 rings (SSSR count). The van der Waals surface area contributed by atoms with E-state index in [9.17, 15) is 14.4 Å². The summed E-state index contributed by atoms with van der Waals surface area (Å²) in [6.07, 6.45) is 7.35. The van der Waals surface area contributed by atoms with Crippen molar-refractivity contribution in [2.75, 3.05) is 13.1 Å². The van der Waals surface area contributed by atoms with Gasteiger partial charge in [0.25, 0.3) is 0 Å². The van der Waals surface area contributed by atoms with Gasteiger partial charge in [-0.25, -0.2) is 10.1 Å². The van der Waals surface area contributed by atoms with Crippen molar-refractivity contribution in [1.29, 1.82) is 0 Å². The highest BCUT2D eigenvalue weighted by atomic mass is 16.6. The average molecular weight is 548 g/mol. The van der Waals surface area contributed by atoms with Gasteiger partial charge in [0.1, 0.15) is 12.6 Å². The molecule has 1 unspecified atom stereocenters. The van der Waals surface area contributed by atoms with E-state index in [4.69, 9.17) is 4.84 Å². The smallest absolute Gasteiger partial charge is 0.244 e. The maximum atomic E-state index is 13.6. The fourth-order valence-electron chi connectivity index (χ4n) is 5.59. The molecule has 8 heteroatoms. The van der Waals surface area contributed by atoms with Crippen LogP contribution in [0.3, 0.4) is 0 Å². The van der Waals surface area contributed by atoms with Crippen LogP contribution in [0.5, 0.6) is 0 Å². The van der Waals surface area contributed by atoms with Gasteiger partial charge in [-0.3, -0.25) is 19.2 Å². The zero-order chi connectivity index (χ0) is 28.3. The molecule has 2 heterocycles. The number of amides is 3. The van der Waals surface area contributed by atoms with Crippen molar-refractivity contribution < 1.29 is 23.8 Å². The molecular formula is C32H43N4O4+. The Kier molecular flexibility index (Phi) is 10.9. The molecule has 0 spiro atoms. The number of para-hydroxylation sites is 1. The Morgan fingerprint density at radius 1 is 1.02 bits per heavy atom. The van der Waals surface area contributed by atoms with Gasteiger partial charge in [0, 0.05) is 36.9 Å². The van der Waals surface area contributed by atoms with E-state index in [0.29, 0.717) is 19.4 Å². The largest absolute Gasteiger partial charge is 0.354 e. The molecule has 2 aliphatic heterocycles. The summed E-state index contributed by atoms with van der Waals surface area (Å²) in [7, 11) is 0. The van der Waals surface area contributed by atoms with Crippen LogP contribution in [0.1, 0.15) is 75.8 Å². The molecule has 0 radical (unpaired) electrons. The molecule has 0 aliphatic carbocycles. The fraction of sp³-hybridized carbons (Fsp3) is 0.500. The molecule has 2 aromatic carbocycles. The Morgan fingerprint density at radius 3 is 2.58 bits per heavy atom. The van der Waals surface area contributed by atoms with E-state index in [-0.39, 0.29) is 42.6 Å². The minimum absolute atomic E-state index is 0.0146. The van der Waals surface area contributed by atoms with Crippen LogP contribution in [0.2, 0.25) is 0 Å². The molecule has 2 aromatic rings. The Labute approximate surface area is 237 Å². The number of carbonyl (C=O) groups excluding carboxylic acids is 3. The maximum Gasteiger partial charge on any atom is 0.244 e. The topological polar surface area (TPSA) is 99.5 Å². The number of fused-ring (bicyclic) bond motifs is 4. The van der Waals surface area contributed by atoms with Gasteiger partial charge >= 0.3 is 0 Å². The zero-order valence-electron chi connectivity index (χ0n) is 23.7. The summed E-state index contributed by atoms with van der Waals surface area (Å²) in [6, 6.07) is 17.2. The summed E-state index contributed by atoms with van der Waals surface area (Å²) in [5.41, 5.74) is 5.78. The summed E-state index contributed by atoms with van der Waals surface area (Å²) in [5.74, 6) is -1.16. The second-order valence-electron chi connectivity index (χ2n) is 11.3. The van der Waals surface area contributed by atoms with Crippen molar-refractivity contribution in [2.24, 2.45) is 11.8 Å². The normalized spacial score (nSPS) is 20.2. The highest BCUT2D eigenvalue weighted by Crippen LogP contribution is 2.34. The van der Waals surface area contributed by atoms with Crippen LogP contribution in [0, 0.1) is 11.8 Å². The molecule has 2 aliphatic rings. The van der Waals surface area contributed by atoms with Gasteiger partial charge in [-0.2, -0.15) is 0 Å². The summed E-state index contributed by atoms with van der Waals surface area (Å²) in [6.45, 7) is 5.83. The van der Waals surface area contributed by atoms with Crippen LogP contribution in [-0.4, -0.2) is 47.6 Å². The van der Waals surface area contributed by atoms with E-state index < -0.39 is 12.0 Å². The summed E-state index contributed by atoms with van der Waals surface area (Å²) in [5, 5.41) is 6.07. The quantitative estimate of drug-likeness (QED) is 0.321. The van der Waals surface area contributed by atoms with E-state index >= 15 is 0 Å². The fourth-order valence-corrected chi connectivity index (χ4v) is 5.59. The van der Waals surface area contributed by atoms with Crippen LogP contribution < -0.4 is 16.1 Å². The number of carbonyl (C=O) groups is 3. The van der Waals surface area contributed by atoms with Crippen LogP contribution in [0.15, 0.2) is 54.6 Å². The maximum absolute atomic E-state index is 13.6. The van der Waals surface area contributed by atoms with E-state index in [2.05, 4.69) is 39.0 Å². The Morgan fingerprint density at radius 2 is 1.77 bits per heavy atom. The molecule has 0 aromatic heterocycles. The number of hydrogen-bond donors (Lipinski definition) is 3. The lowest BCUT2D eigenvalue weighted by Crippen LogP contribution is -2.50. The average Bonchev–Trinajstić information content (AvgIpc) is 3.29. The Bertz CT molecular complexity index is 1180. The number of rotatable bonds is 9. The first kappa shape index (κ1) is 29.5. The first-order chi connectivity index (χ1) is 19.4. The highest BCUT2D eigenvalue weighted by molar-refractivity contribution is 5.91. The molecule has 3 N–H and O–H groups in total. The molecular weight excluding hydrogens is 504 g/mol. The molecule has 0 saturated heterocycles. The first-order valence-corrected chi connectivity index (χ1v) is 14.6. The van der Waals surface area contributed by atoms with Crippen molar-refractivity contribution in [1.82, 2.24) is 16.1 Å². The molecule has 0 fully saturated rings. The van der Waals surface area contributed by atoms with Gasteiger partial charge in [0.15, 0.2) is 6.21 Å². The molecule has 40 heavy (non-hydrogen) atoms. The second-order valence-corrected chi connectivity index (χ2v) is 11.3. The minimum atomic E-state index is -0.699. The number of hydroxylamine groups is 1. The van der Waals surface area contributed by atoms with Gasteiger partial charge in [-0.1, -0.05) is 68.8 Å². The van der Waals surface area contributed by atoms with Crippen LogP contribution >= 0.6 is 0 Å². The van der Waals surface area contributed by atoms with Gasteiger partial charge in [-0.05, 0) is 37.2 Å². The molecule has 3 atom stereocenters. The van der Waals surface area contributed by atoms with Gasteiger partial charge < -0.3 is 10.6 Å². The third kappa shape index (κ3) is 8.49. The molecule has 3 amide bonds. The lowest BCUT2D eigenvalue weighted by molar-refractivity contribution is -0.433. The van der Waals surface area contributed by atoms with Crippen molar-refractivity contribution in [3.05, 3.63) is 65.7 Å². The molecule has 0 saturated carbocycles. The third-order valence-corrected chi connectivity index (χ3v) is 7.58. The van der Waals surface area contributed by atoms with E-state index in [1.54, 1.807) is 0 Å². The number of benzene rings is 2. The zero-order valence-corrected chi connectivity index (χ0v) is 23.7. The summed E-state index contributed by atoms with van der Waals surface area (Å²) >= 11 is 0. The standard InChI is InChI=1S/C32H42N4O4/c1-23(2)18-25(20-30(37)35-40-22-24-12-6-5-7-13-24)31(38)34-28-19-26-21-36(29-15-9-8-14-27(26)29)17-11-4-3-10-16-33-32(28)39/h5-9,12-15,21,23,25-26,28H,3-4,10-11,16-20,22H2,1-2H3,(H2-,33,34,35,37,38,39)/p+1/t25-,26?,28+/m1/s1. The second kappa shape index (κ2) is 14.7. The van der Waals surface area contributed by atoms with Crippen molar-refractivity contribution in [3.63, 3.8) is 0 Å². The van der Waals surface area contributed by atoms with Gasteiger partial charge in [-0.15, -0.1) is 0 Å². The summed E-state index contributed by atoms with van der Waals surface area (Å²) < 4.78 is 2.30. The van der Waals surface area contributed by atoms with Crippen LogP contribution in [-0.2, 0) is 25.8 Å². The monoisotopic (exact) mass is 547 g/mol. The number of nitrogens with zero attached hydrogens (tertiary/aromatic N) is 1.